The fourth-order valence-electron chi connectivity index (χ4n) is 4.16. The molecule has 2 aromatic rings. The number of fused-ring (bicyclic) bond motifs is 1. The second-order valence-corrected chi connectivity index (χ2v) is 7.33. The zero-order valence-corrected chi connectivity index (χ0v) is 16.0. The minimum Gasteiger partial charge on any atom is -0.381 e. The lowest BCUT2D eigenvalue weighted by Gasteiger charge is -2.36. The van der Waals surface area contributed by atoms with Crippen molar-refractivity contribution >= 4 is 0 Å². The van der Waals surface area contributed by atoms with Crippen LogP contribution in [0.2, 0.25) is 0 Å². The number of aliphatic hydroxyl groups is 1. The molecule has 0 aromatic heterocycles. The van der Waals surface area contributed by atoms with Gasteiger partial charge in [0.2, 0.25) is 0 Å². The Morgan fingerprint density at radius 1 is 1.04 bits per heavy atom. The first-order chi connectivity index (χ1) is 13.7. The minimum absolute atomic E-state index is 0.280. The topological polar surface area (TPSA) is 57.2 Å². The number of benzene rings is 2. The summed E-state index contributed by atoms with van der Waals surface area (Å²) < 4.78 is 23.8. The number of methoxy groups -OCH3 is 1. The van der Waals surface area contributed by atoms with E-state index in [2.05, 4.69) is 6.58 Å². The highest BCUT2D eigenvalue weighted by Gasteiger charge is 2.85. The molecule has 0 bridgehead atoms. The molecule has 1 saturated heterocycles. The van der Waals surface area contributed by atoms with Crippen LogP contribution in [0.3, 0.4) is 0 Å². The van der Waals surface area contributed by atoms with E-state index in [-0.39, 0.29) is 12.5 Å². The molecule has 1 aliphatic heterocycles. The molecule has 2 aromatic carbocycles. The minimum atomic E-state index is -1.37. The third kappa shape index (κ3) is 3.09. The maximum absolute atomic E-state index is 11.5. The standard InChI is InChI=1S/C23H26O5/c1-3-14-22(24)21(25-2)28-20-19(26-15-17-10-6-4-7-11-17)23(20,22)27-16-18-12-8-5-9-13-18/h3-13,19-21,24H,1,14-16H2,2H3. The van der Waals surface area contributed by atoms with Crippen molar-refractivity contribution in [2.24, 2.45) is 0 Å². The smallest absolute Gasteiger partial charge is 0.189 e. The van der Waals surface area contributed by atoms with Gasteiger partial charge in [0.05, 0.1) is 13.2 Å². The van der Waals surface area contributed by atoms with Crippen molar-refractivity contribution in [1.82, 2.24) is 0 Å². The Morgan fingerprint density at radius 3 is 2.21 bits per heavy atom. The van der Waals surface area contributed by atoms with Crippen LogP contribution in [0.25, 0.3) is 0 Å². The molecule has 148 valence electrons. The van der Waals surface area contributed by atoms with Crippen LogP contribution in [0.5, 0.6) is 0 Å². The van der Waals surface area contributed by atoms with Crippen molar-refractivity contribution in [2.45, 2.75) is 49.3 Å². The Labute approximate surface area is 165 Å². The fourth-order valence-corrected chi connectivity index (χ4v) is 4.16. The predicted octanol–water partition coefficient (Wildman–Crippen LogP) is 3.22. The summed E-state index contributed by atoms with van der Waals surface area (Å²) >= 11 is 0. The molecule has 5 atom stereocenters. The van der Waals surface area contributed by atoms with Crippen LogP contribution in [0.4, 0.5) is 0 Å². The van der Waals surface area contributed by atoms with Gasteiger partial charge in [0.1, 0.15) is 12.2 Å². The summed E-state index contributed by atoms with van der Waals surface area (Å²) in [7, 11) is 1.52. The SMILES string of the molecule is C=CCC1(O)C(OC)OC2C(OCc3ccccc3)C21OCc1ccccc1. The molecule has 1 aliphatic carbocycles. The van der Waals surface area contributed by atoms with E-state index in [4.69, 9.17) is 18.9 Å². The summed E-state index contributed by atoms with van der Waals surface area (Å²) in [4.78, 5) is 0. The first-order valence-corrected chi connectivity index (χ1v) is 9.50. The third-order valence-corrected chi connectivity index (χ3v) is 5.61. The van der Waals surface area contributed by atoms with E-state index >= 15 is 0 Å². The first kappa shape index (κ1) is 19.3. The van der Waals surface area contributed by atoms with Crippen LogP contribution in [-0.4, -0.2) is 41.9 Å². The summed E-state index contributed by atoms with van der Waals surface area (Å²) in [5.74, 6) is 0. The average molecular weight is 382 g/mol. The van der Waals surface area contributed by atoms with E-state index in [1.165, 1.54) is 7.11 Å². The molecule has 0 amide bonds. The Bertz CT molecular complexity index is 795. The monoisotopic (exact) mass is 382 g/mol. The number of hydrogen-bond acceptors (Lipinski definition) is 5. The molecule has 0 radical (unpaired) electrons. The maximum atomic E-state index is 11.5. The molecule has 0 spiro atoms. The molecule has 4 rings (SSSR count). The van der Waals surface area contributed by atoms with E-state index < -0.39 is 23.6 Å². The van der Waals surface area contributed by atoms with Crippen LogP contribution in [-0.2, 0) is 32.2 Å². The van der Waals surface area contributed by atoms with E-state index in [0.29, 0.717) is 13.2 Å². The van der Waals surface area contributed by atoms with Crippen LogP contribution >= 0.6 is 0 Å². The Kier molecular flexibility index (Phi) is 5.36. The molecule has 2 aliphatic rings. The molecule has 28 heavy (non-hydrogen) atoms. The zero-order chi connectivity index (χ0) is 19.6. The van der Waals surface area contributed by atoms with E-state index in [1.807, 2.05) is 60.7 Å². The lowest BCUT2D eigenvalue weighted by molar-refractivity contribution is -0.242. The van der Waals surface area contributed by atoms with Gasteiger partial charge in [0.15, 0.2) is 17.5 Å². The lowest BCUT2D eigenvalue weighted by Crippen LogP contribution is -2.55. The third-order valence-electron chi connectivity index (χ3n) is 5.61. The molecule has 2 fully saturated rings. The summed E-state index contributed by atoms with van der Waals surface area (Å²) in [6.07, 6.45) is 0.380. The molecular formula is C23H26O5. The highest BCUT2D eigenvalue weighted by molar-refractivity contribution is 5.34. The van der Waals surface area contributed by atoms with Gasteiger partial charge in [0, 0.05) is 13.5 Å². The highest BCUT2D eigenvalue weighted by Crippen LogP contribution is 2.62. The Balaban J connectivity index is 1.56. The first-order valence-electron chi connectivity index (χ1n) is 9.50. The molecule has 1 N–H and O–H groups in total. The Hall–Kier alpha value is -2.02. The van der Waals surface area contributed by atoms with Gasteiger partial charge in [-0.3, -0.25) is 0 Å². The summed E-state index contributed by atoms with van der Waals surface area (Å²) in [6, 6.07) is 19.8. The molecule has 5 heteroatoms. The maximum Gasteiger partial charge on any atom is 0.189 e. The summed E-state index contributed by atoms with van der Waals surface area (Å²) in [5.41, 5.74) is -0.288. The second kappa shape index (κ2) is 7.78. The van der Waals surface area contributed by atoms with Gasteiger partial charge < -0.3 is 24.1 Å². The van der Waals surface area contributed by atoms with Crippen molar-refractivity contribution in [3.63, 3.8) is 0 Å². The van der Waals surface area contributed by atoms with Crippen molar-refractivity contribution in [3.8, 4) is 0 Å². The van der Waals surface area contributed by atoms with Gasteiger partial charge in [-0.2, -0.15) is 0 Å². The Morgan fingerprint density at radius 2 is 1.64 bits per heavy atom. The van der Waals surface area contributed by atoms with Crippen molar-refractivity contribution in [1.29, 1.82) is 0 Å². The van der Waals surface area contributed by atoms with E-state index in [9.17, 15) is 5.11 Å². The second-order valence-electron chi connectivity index (χ2n) is 7.33. The molecule has 1 saturated carbocycles. The van der Waals surface area contributed by atoms with Crippen LogP contribution in [0.1, 0.15) is 17.5 Å². The van der Waals surface area contributed by atoms with Gasteiger partial charge in [0.25, 0.3) is 0 Å². The normalized spacial score (nSPS) is 33.4. The van der Waals surface area contributed by atoms with E-state index in [1.54, 1.807) is 6.08 Å². The summed E-state index contributed by atoms with van der Waals surface area (Å²) in [6.45, 7) is 4.56. The van der Waals surface area contributed by atoms with Gasteiger partial charge >= 0.3 is 0 Å². The number of ether oxygens (including phenoxy) is 4. The molecule has 1 heterocycles. The quantitative estimate of drug-likeness (QED) is 0.675. The van der Waals surface area contributed by atoms with E-state index in [0.717, 1.165) is 11.1 Å². The predicted molar refractivity (Wildman–Crippen MR) is 104 cm³/mol. The van der Waals surface area contributed by atoms with Gasteiger partial charge in [-0.15, -0.1) is 6.58 Å². The highest BCUT2D eigenvalue weighted by atomic mass is 16.7. The van der Waals surface area contributed by atoms with Gasteiger partial charge in [-0.05, 0) is 11.1 Å². The van der Waals surface area contributed by atoms with Crippen LogP contribution in [0.15, 0.2) is 73.3 Å². The molecule has 5 nitrogen and oxygen atoms in total. The lowest BCUT2D eigenvalue weighted by atomic mass is 9.90. The van der Waals surface area contributed by atoms with Crippen LogP contribution in [0, 0.1) is 0 Å². The van der Waals surface area contributed by atoms with Crippen LogP contribution < -0.4 is 0 Å². The fraction of sp³-hybridized carbons (Fsp3) is 0.391. The largest absolute Gasteiger partial charge is 0.381 e. The van der Waals surface area contributed by atoms with Crippen molar-refractivity contribution < 1.29 is 24.1 Å². The van der Waals surface area contributed by atoms with Crippen molar-refractivity contribution in [3.05, 3.63) is 84.4 Å². The summed E-state index contributed by atoms with van der Waals surface area (Å²) in [5, 5.41) is 11.5. The molecular weight excluding hydrogens is 356 g/mol. The van der Waals surface area contributed by atoms with Crippen molar-refractivity contribution in [2.75, 3.05) is 7.11 Å². The molecule has 5 unspecified atom stereocenters. The zero-order valence-electron chi connectivity index (χ0n) is 16.0. The number of hydrogen-bond donors (Lipinski definition) is 1. The van der Waals surface area contributed by atoms with Gasteiger partial charge in [-0.1, -0.05) is 66.7 Å². The van der Waals surface area contributed by atoms with Gasteiger partial charge in [-0.25, -0.2) is 0 Å². The number of rotatable bonds is 9. The average Bonchev–Trinajstić information content (AvgIpc) is 3.29.